The van der Waals surface area contributed by atoms with Crippen LogP contribution in [0.2, 0.25) is 0 Å². The van der Waals surface area contributed by atoms with Gasteiger partial charge < -0.3 is 10.5 Å². The van der Waals surface area contributed by atoms with E-state index in [-0.39, 0.29) is 11.8 Å². The number of hydrogen-bond acceptors (Lipinski definition) is 1. The van der Waals surface area contributed by atoms with Crippen molar-refractivity contribution in [3.63, 3.8) is 0 Å². The van der Waals surface area contributed by atoms with E-state index in [4.69, 9.17) is 5.73 Å². The van der Waals surface area contributed by atoms with Gasteiger partial charge in [0.2, 0.25) is 11.7 Å². The molecule has 0 radical (unpaired) electrons. The monoisotopic (exact) mass is 154 g/mol. The van der Waals surface area contributed by atoms with Gasteiger partial charge in [0.25, 0.3) is 0 Å². The number of amides is 1. The minimum Gasteiger partial charge on any atom is -0.588 e. The van der Waals surface area contributed by atoms with Gasteiger partial charge in [0.15, 0.2) is 7.11 Å². The van der Waals surface area contributed by atoms with Crippen molar-refractivity contribution in [2.24, 2.45) is 11.7 Å². The first-order valence-corrected chi connectivity index (χ1v) is 3.50. The number of carbonyl (C=O) groups excluding carboxylic acids is 1. The third-order valence-electron chi connectivity index (χ3n) is 1.71. The van der Waals surface area contributed by atoms with E-state index in [9.17, 15) is 4.79 Å². The summed E-state index contributed by atoms with van der Waals surface area (Å²) in [6.45, 7) is 0. The van der Waals surface area contributed by atoms with Crippen molar-refractivity contribution in [2.45, 2.75) is 6.42 Å². The third-order valence-corrected chi connectivity index (χ3v) is 1.71. The molecule has 0 saturated heterocycles. The second kappa shape index (κ2) is 3.23. The summed E-state index contributed by atoms with van der Waals surface area (Å²) in [4.78, 5) is 10.7. The SMILES string of the molecule is C[OH+]C1=CC=CC(C(N)=O)C1. The van der Waals surface area contributed by atoms with Gasteiger partial charge in [0.05, 0.1) is 12.3 Å². The van der Waals surface area contributed by atoms with E-state index >= 15 is 0 Å². The molecule has 3 heteroatoms. The molecule has 1 amide bonds. The van der Waals surface area contributed by atoms with E-state index in [0.717, 1.165) is 5.76 Å². The number of carbonyl (C=O) groups is 1. The highest BCUT2D eigenvalue weighted by molar-refractivity contribution is 5.79. The maximum Gasteiger partial charge on any atom is 0.230 e. The number of rotatable bonds is 2. The van der Waals surface area contributed by atoms with Gasteiger partial charge in [-0.3, -0.25) is 4.79 Å². The largest absolute Gasteiger partial charge is 0.588 e. The predicted molar refractivity (Wildman–Crippen MR) is 42.7 cm³/mol. The fourth-order valence-electron chi connectivity index (χ4n) is 1.02. The number of ether oxygens (including phenoxy) is 1. The molecule has 1 unspecified atom stereocenters. The van der Waals surface area contributed by atoms with Crippen LogP contribution < -0.4 is 5.73 Å². The first-order valence-electron chi connectivity index (χ1n) is 3.50. The Labute approximate surface area is 65.5 Å². The van der Waals surface area contributed by atoms with Crippen LogP contribution in [0.5, 0.6) is 0 Å². The lowest BCUT2D eigenvalue weighted by Gasteiger charge is -2.11. The highest BCUT2D eigenvalue weighted by Gasteiger charge is 2.19. The Morgan fingerprint density at radius 2 is 2.55 bits per heavy atom. The zero-order chi connectivity index (χ0) is 8.27. The number of aliphatic hydroxyl groups is 2. The molecule has 1 atom stereocenters. The van der Waals surface area contributed by atoms with Gasteiger partial charge in [-0.1, -0.05) is 12.2 Å². The van der Waals surface area contributed by atoms with Crippen LogP contribution in [0.4, 0.5) is 0 Å². The van der Waals surface area contributed by atoms with Crippen LogP contribution in [0.25, 0.3) is 0 Å². The molecule has 0 spiro atoms. The molecule has 0 aromatic heterocycles. The molecule has 1 aliphatic rings. The molecular weight excluding hydrogens is 142 g/mol. The van der Waals surface area contributed by atoms with Crippen LogP contribution in [0.15, 0.2) is 24.0 Å². The highest BCUT2D eigenvalue weighted by Crippen LogP contribution is 2.16. The molecule has 1 aliphatic carbocycles. The van der Waals surface area contributed by atoms with E-state index in [1.807, 2.05) is 12.2 Å². The Morgan fingerprint density at radius 1 is 1.82 bits per heavy atom. The summed E-state index contributed by atoms with van der Waals surface area (Å²) in [6, 6.07) is 0. The average Bonchev–Trinajstić information content (AvgIpc) is 2.05. The van der Waals surface area contributed by atoms with Gasteiger partial charge in [0.1, 0.15) is 0 Å². The van der Waals surface area contributed by atoms with E-state index < -0.39 is 0 Å². The van der Waals surface area contributed by atoms with Crippen molar-refractivity contribution in [2.75, 3.05) is 7.11 Å². The summed E-state index contributed by atoms with van der Waals surface area (Å²) in [6.07, 6.45) is 6.15. The van der Waals surface area contributed by atoms with Crippen molar-refractivity contribution >= 4 is 5.91 Å². The Balaban J connectivity index is 2.62. The fraction of sp³-hybridized carbons (Fsp3) is 0.375. The van der Waals surface area contributed by atoms with Gasteiger partial charge >= 0.3 is 0 Å². The van der Waals surface area contributed by atoms with Crippen molar-refractivity contribution in [1.82, 2.24) is 0 Å². The van der Waals surface area contributed by atoms with Crippen LogP contribution >= 0.6 is 0 Å². The van der Waals surface area contributed by atoms with Crippen LogP contribution in [0.3, 0.4) is 0 Å². The maximum atomic E-state index is 10.7. The van der Waals surface area contributed by atoms with E-state index in [1.165, 1.54) is 0 Å². The fourth-order valence-corrected chi connectivity index (χ4v) is 1.02. The van der Waals surface area contributed by atoms with Crippen LogP contribution in [0.1, 0.15) is 6.42 Å². The number of hydrogen-bond donors (Lipinski definition) is 1. The Morgan fingerprint density at radius 3 is 3.09 bits per heavy atom. The summed E-state index contributed by atoms with van der Waals surface area (Å²) in [5.41, 5.74) is 5.13. The van der Waals surface area contributed by atoms with Crippen molar-refractivity contribution in [1.29, 1.82) is 0 Å². The summed E-state index contributed by atoms with van der Waals surface area (Å²) in [7, 11) is 1.71. The van der Waals surface area contributed by atoms with Gasteiger partial charge in [0, 0.05) is 6.08 Å². The lowest BCUT2D eigenvalue weighted by atomic mass is 9.99. The number of nitrogens with two attached hydrogens (primary N) is 1. The Kier molecular flexibility index (Phi) is 2.31. The minimum atomic E-state index is -0.282. The van der Waals surface area contributed by atoms with Crippen LogP contribution in [-0.2, 0) is 4.79 Å². The molecule has 11 heavy (non-hydrogen) atoms. The second-order valence-corrected chi connectivity index (χ2v) is 2.48. The molecule has 0 fully saturated rings. The molecule has 3 N–H and O–H groups in total. The van der Waals surface area contributed by atoms with Crippen molar-refractivity contribution in [3.05, 3.63) is 24.0 Å². The topological polar surface area (TPSA) is 55.9 Å². The van der Waals surface area contributed by atoms with Crippen molar-refractivity contribution in [3.8, 4) is 0 Å². The first kappa shape index (κ1) is 7.85. The van der Waals surface area contributed by atoms with Gasteiger partial charge in [-0.25, -0.2) is 0 Å². The number of primary amides is 1. The van der Waals surface area contributed by atoms with Crippen molar-refractivity contribution < 1.29 is 9.53 Å². The van der Waals surface area contributed by atoms with Crippen LogP contribution in [-0.4, -0.2) is 17.8 Å². The Hall–Kier alpha value is -1.25. The molecule has 0 aromatic carbocycles. The second-order valence-electron chi connectivity index (χ2n) is 2.48. The highest BCUT2D eigenvalue weighted by atomic mass is 16.5. The zero-order valence-electron chi connectivity index (χ0n) is 6.45. The molecule has 60 valence electrons. The number of allylic oxidation sites excluding steroid dienone is 3. The maximum absolute atomic E-state index is 10.7. The normalized spacial score (nSPS) is 22.6. The third kappa shape index (κ3) is 1.83. The molecule has 0 saturated carbocycles. The first-order chi connectivity index (χ1) is 5.24. The molecular formula is C8H12NO2+. The summed E-state index contributed by atoms with van der Waals surface area (Å²) in [5.74, 6) is 0.477. The Bertz CT molecular complexity index is 218. The molecule has 0 aromatic rings. The summed E-state index contributed by atoms with van der Waals surface area (Å²) in [5, 5.41) is 0. The van der Waals surface area contributed by atoms with Gasteiger partial charge in [-0.15, -0.1) is 0 Å². The molecule has 1 rings (SSSR count). The molecule has 0 bridgehead atoms. The lowest BCUT2D eigenvalue weighted by Crippen LogP contribution is -2.23. The minimum absolute atomic E-state index is 0.168. The van der Waals surface area contributed by atoms with E-state index in [1.54, 1.807) is 13.2 Å². The molecule has 3 nitrogen and oxygen atoms in total. The predicted octanol–water partition coefficient (Wildman–Crippen LogP) is 0.0895. The smallest absolute Gasteiger partial charge is 0.230 e. The van der Waals surface area contributed by atoms with Gasteiger partial charge in [-0.05, 0) is 0 Å². The van der Waals surface area contributed by atoms with E-state index in [2.05, 4.69) is 4.74 Å². The van der Waals surface area contributed by atoms with Gasteiger partial charge in [-0.2, -0.15) is 0 Å². The summed E-state index contributed by atoms with van der Waals surface area (Å²) < 4.78 is 3.98. The zero-order valence-corrected chi connectivity index (χ0v) is 6.45. The standard InChI is InChI=1S/C8H11NO2/c1-11-7-4-2-3-6(5-7)8(9)10/h2-4,6H,5H2,1H3,(H2,9,10)/p+1. The summed E-state index contributed by atoms with van der Waals surface area (Å²) >= 11 is 0. The molecule has 0 aliphatic heterocycles. The van der Waals surface area contributed by atoms with E-state index in [0.29, 0.717) is 6.42 Å². The molecule has 0 heterocycles. The quantitative estimate of drug-likeness (QED) is 0.563. The van der Waals surface area contributed by atoms with Crippen LogP contribution in [0, 0.1) is 5.92 Å². The average molecular weight is 154 g/mol. The lowest BCUT2D eigenvalue weighted by molar-refractivity contribution is -0.120.